The van der Waals surface area contributed by atoms with Crippen LogP contribution in [0.1, 0.15) is 64.2 Å². The van der Waals surface area contributed by atoms with Crippen LogP contribution in [0.5, 0.6) is 0 Å². The molecule has 0 bridgehead atoms. The minimum atomic E-state index is -0.140. The summed E-state index contributed by atoms with van der Waals surface area (Å²) in [5, 5.41) is 9.20. The molecule has 6 nitrogen and oxygen atoms in total. The Balaban J connectivity index is 0.000000251. The number of esters is 2. The summed E-state index contributed by atoms with van der Waals surface area (Å²) in [5.41, 5.74) is 0. The van der Waals surface area contributed by atoms with Crippen molar-refractivity contribution in [3.05, 3.63) is 0 Å². The topological polar surface area (TPSA) is 82.1 Å². The summed E-state index contributed by atoms with van der Waals surface area (Å²) < 4.78 is 14.5. The van der Waals surface area contributed by atoms with E-state index in [9.17, 15) is 14.7 Å². The molecule has 146 valence electrons. The van der Waals surface area contributed by atoms with E-state index in [1.54, 1.807) is 7.11 Å². The maximum absolute atomic E-state index is 11.0. The van der Waals surface area contributed by atoms with Crippen LogP contribution in [-0.2, 0) is 23.8 Å². The lowest BCUT2D eigenvalue weighted by Crippen LogP contribution is -2.22. The molecule has 1 N–H and O–H groups in total. The first-order chi connectivity index (χ1) is 12.0. The SMILES string of the molecule is COC(=O)CC1CCC(O)CC1.COC(=O)CC1CCC(OC)CC1. The summed E-state index contributed by atoms with van der Waals surface area (Å²) in [6.45, 7) is 0. The third-order valence-electron chi connectivity index (χ3n) is 5.31. The van der Waals surface area contributed by atoms with Crippen LogP contribution in [0, 0.1) is 11.8 Å². The van der Waals surface area contributed by atoms with E-state index >= 15 is 0 Å². The number of carbonyl (C=O) groups is 2. The molecule has 0 saturated heterocycles. The Hall–Kier alpha value is -1.14. The van der Waals surface area contributed by atoms with Gasteiger partial charge in [0.1, 0.15) is 0 Å². The van der Waals surface area contributed by atoms with Crippen molar-refractivity contribution >= 4 is 11.9 Å². The number of hydrogen-bond acceptors (Lipinski definition) is 6. The predicted octanol–water partition coefficient (Wildman–Crippen LogP) is 2.86. The number of ether oxygens (including phenoxy) is 3. The van der Waals surface area contributed by atoms with Gasteiger partial charge in [0.15, 0.2) is 0 Å². The van der Waals surface area contributed by atoms with Gasteiger partial charge in [0.05, 0.1) is 26.4 Å². The van der Waals surface area contributed by atoms with Crippen LogP contribution < -0.4 is 0 Å². The van der Waals surface area contributed by atoms with Gasteiger partial charge in [-0.05, 0) is 63.2 Å². The predicted molar refractivity (Wildman–Crippen MR) is 94.0 cm³/mol. The Kier molecular flexibility index (Phi) is 10.7. The van der Waals surface area contributed by atoms with Crippen LogP contribution in [0.15, 0.2) is 0 Å². The monoisotopic (exact) mass is 358 g/mol. The molecule has 0 aromatic carbocycles. The molecule has 0 spiro atoms. The van der Waals surface area contributed by atoms with Crippen molar-refractivity contribution in [2.75, 3.05) is 21.3 Å². The van der Waals surface area contributed by atoms with Gasteiger partial charge in [-0.25, -0.2) is 0 Å². The van der Waals surface area contributed by atoms with Gasteiger partial charge in [-0.3, -0.25) is 9.59 Å². The van der Waals surface area contributed by atoms with Crippen molar-refractivity contribution in [1.82, 2.24) is 0 Å². The number of carbonyl (C=O) groups excluding carboxylic acids is 2. The first-order valence-electron chi connectivity index (χ1n) is 9.32. The lowest BCUT2D eigenvalue weighted by atomic mass is 9.85. The number of hydrogen-bond donors (Lipinski definition) is 1. The molecule has 0 aromatic rings. The lowest BCUT2D eigenvalue weighted by molar-refractivity contribution is -0.143. The van der Waals surface area contributed by atoms with Gasteiger partial charge in [-0.2, -0.15) is 0 Å². The summed E-state index contributed by atoms with van der Waals surface area (Å²) in [5.74, 6) is 0.733. The quantitative estimate of drug-likeness (QED) is 0.761. The Morgan fingerprint density at radius 3 is 1.52 bits per heavy atom. The minimum Gasteiger partial charge on any atom is -0.469 e. The Bertz CT molecular complexity index is 381. The molecule has 6 heteroatoms. The van der Waals surface area contributed by atoms with Crippen LogP contribution >= 0.6 is 0 Å². The van der Waals surface area contributed by atoms with Crippen LogP contribution in [0.3, 0.4) is 0 Å². The number of methoxy groups -OCH3 is 3. The van der Waals surface area contributed by atoms with Gasteiger partial charge >= 0.3 is 11.9 Å². The molecule has 0 unspecified atom stereocenters. The van der Waals surface area contributed by atoms with Gasteiger partial charge < -0.3 is 19.3 Å². The van der Waals surface area contributed by atoms with E-state index in [1.165, 1.54) is 14.2 Å². The second-order valence-corrected chi connectivity index (χ2v) is 7.11. The van der Waals surface area contributed by atoms with Gasteiger partial charge in [-0.15, -0.1) is 0 Å². The highest BCUT2D eigenvalue weighted by atomic mass is 16.5. The van der Waals surface area contributed by atoms with E-state index < -0.39 is 0 Å². The molecule has 0 radical (unpaired) electrons. The molecule has 2 rings (SSSR count). The highest BCUT2D eigenvalue weighted by Crippen LogP contribution is 2.28. The fourth-order valence-electron chi connectivity index (χ4n) is 3.56. The van der Waals surface area contributed by atoms with Crippen molar-refractivity contribution < 1.29 is 28.9 Å². The Labute approximate surface area is 151 Å². The normalized spacial score (nSPS) is 29.1. The lowest BCUT2D eigenvalue weighted by Gasteiger charge is -2.26. The van der Waals surface area contributed by atoms with E-state index in [0.717, 1.165) is 51.4 Å². The van der Waals surface area contributed by atoms with E-state index in [2.05, 4.69) is 9.47 Å². The molecule has 2 fully saturated rings. The fourth-order valence-corrected chi connectivity index (χ4v) is 3.56. The van der Waals surface area contributed by atoms with Crippen molar-refractivity contribution in [1.29, 1.82) is 0 Å². The minimum absolute atomic E-state index is 0.0825. The summed E-state index contributed by atoms with van der Waals surface area (Å²) in [7, 11) is 4.62. The molecule has 2 aliphatic rings. The third kappa shape index (κ3) is 9.21. The smallest absolute Gasteiger partial charge is 0.305 e. The highest BCUT2D eigenvalue weighted by molar-refractivity contribution is 5.69. The van der Waals surface area contributed by atoms with Crippen LogP contribution in [-0.4, -0.2) is 50.6 Å². The van der Waals surface area contributed by atoms with Crippen molar-refractivity contribution in [2.24, 2.45) is 11.8 Å². The molecule has 0 aromatic heterocycles. The zero-order valence-electron chi connectivity index (χ0n) is 15.9. The maximum atomic E-state index is 11.0. The zero-order valence-corrected chi connectivity index (χ0v) is 15.9. The van der Waals surface area contributed by atoms with Crippen LogP contribution in [0.25, 0.3) is 0 Å². The summed E-state index contributed by atoms with van der Waals surface area (Å²) in [6, 6.07) is 0. The first kappa shape index (κ1) is 21.9. The molecule has 0 aliphatic heterocycles. The van der Waals surface area contributed by atoms with Gasteiger partial charge in [0.25, 0.3) is 0 Å². The molecular weight excluding hydrogens is 324 g/mol. The molecule has 2 saturated carbocycles. The largest absolute Gasteiger partial charge is 0.469 e. The molecule has 0 amide bonds. The standard InChI is InChI=1S/C10H18O3.C9H16O3/c1-12-9-5-3-8(4-6-9)7-10(11)13-2;1-12-9(11)6-7-2-4-8(10)5-3-7/h8-9H,3-7H2,1-2H3;7-8,10H,2-6H2,1H3. The van der Waals surface area contributed by atoms with Crippen LogP contribution in [0.2, 0.25) is 0 Å². The average Bonchev–Trinajstić information content (AvgIpc) is 2.64. The molecule has 0 atom stereocenters. The second-order valence-electron chi connectivity index (χ2n) is 7.11. The number of aliphatic hydroxyl groups is 1. The molecule has 2 aliphatic carbocycles. The Morgan fingerprint density at radius 2 is 1.16 bits per heavy atom. The van der Waals surface area contributed by atoms with E-state index in [4.69, 9.17) is 4.74 Å². The third-order valence-corrected chi connectivity index (χ3v) is 5.31. The summed E-state index contributed by atoms with van der Waals surface area (Å²) >= 11 is 0. The molecule has 0 heterocycles. The van der Waals surface area contributed by atoms with Gasteiger partial charge in [0, 0.05) is 20.0 Å². The maximum Gasteiger partial charge on any atom is 0.305 e. The van der Waals surface area contributed by atoms with Crippen LogP contribution in [0.4, 0.5) is 0 Å². The highest BCUT2D eigenvalue weighted by Gasteiger charge is 2.23. The number of aliphatic hydroxyl groups excluding tert-OH is 1. The second kappa shape index (κ2) is 12.3. The fraction of sp³-hybridized carbons (Fsp3) is 0.895. The van der Waals surface area contributed by atoms with Crippen molar-refractivity contribution in [3.63, 3.8) is 0 Å². The average molecular weight is 358 g/mol. The molecular formula is C19H34O6. The first-order valence-corrected chi connectivity index (χ1v) is 9.32. The van der Waals surface area contributed by atoms with Gasteiger partial charge in [-0.1, -0.05) is 0 Å². The van der Waals surface area contributed by atoms with Gasteiger partial charge in [0.2, 0.25) is 0 Å². The van der Waals surface area contributed by atoms with E-state index in [0.29, 0.717) is 30.8 Å². The zero-order chi connectivity index (χ0) is 18.7. The van der Waals surface area contributed by atoms with E-state index in [-0.39, 0.29) is 18.0 Å². The van der Waals surface area contributed by atoms with E-state index in [1.807, 2.05) is 0 Å². The summed E-state index contributed by atoms with van der Waals surface area (Å²) in [6.07, 6.45) is 9.29. The Morgan fingerprint density at radius 1 is 0.760 bits per heavy atom. The van der Waals surface area contributed by atoms with Crippen molar-refractivity contribution in [3.8, 4) is 0 Å². The molecule has 25 heavy (non-hydrogen) atoms. The summed E-state index contributed by atoms with van der Waals surface area (Å²) in [4.78, 5) is 21.9. The van der Waals surface area contributed by atoms with Crippen molar-refractivity contribution in [2.45, 2.75) is 76.4 Å². The number of rotatable bonds is 5.